The van der Waals surface area contributed by atoms with Crippen LogP contribution in [-0.4, -0.2) is 52.5 Å². The van der Waals surface area contributed by atoms with Gasteiger partial charge in [-0.3, -0.25) is 9.59 Å². The Labute approximate surface area is 232 Å². The Kier molecular flexibility index (Phi) is 11.7. The highest BCUT2D eigenvalue weighted by molar-refractivity contribution is 7.98. The summed E-state index contributed by atoms with van der Waals surface area (Å²) in [4.78, 5) is 42.3. The van der Waals surface area contributed by atoms with Crippen molar-refractivity contribution in [3.05, 3.63) is 70.8 Å². The molecule has 0 heterocycles. The monoisotopic (exact) mass is 541 g/mol. The van der Waals surface area contributed by atoms with Crippen LogP contribution in [0.15, 0.2) is 48.5 Å². The van der Waals surface area contributed by atoms with Crippen LogP contribution in [0.25, 0.3) is 0 Å². The molecule has 2 aromatic carbocycles. The van der Waals surface area contributed by atoms with Gasteiger partial charge in [0.1, 0.15) is 17.7 Å². The molecule has 0 bridgehead atoms. The van der Waals surface area contributed by atoms with Crippen molar-refractivity contribution < 1.29 is 19.1 Å². The predicted molar refractivity (Wildman–Crippen MR) is 155 cm³/mol. The van der Waals surface area contributed by atoms with Gasteiger partial charge in [-0.05, 0) is 83.6 Å². The molecular formula is C30H43N3O4S. The SMILES string of the molecule is CSCCC(NC(=O)OC(C)(C)C)C(=O)N(C(C)C)C(C(=O)NCc1ccccc1)c1cc(C)ccc1C. The molecule has 7 nitrogen and oxygen atoms in total. The number of ether oxygens (including phenoxy) is 1. The van der Waals surface area contributed by atoms with Crippen LogP contribution in [0, 0.1) is 13.8 Å². The zero-order chi connectivity index (χ0) is 28.5. The van der Waals surface area contributed by atoms with Gasteiger partial charge in [-0.25, -0.2) is 4.79 Å². The Morgan fingerprint density at radius 2 is 1.68 bits per heavy atom. The summed E-state index contributed by atoms with van der Waals surface area (Å²) in [7, 11) is 0. The first-order valence-electron chi connectivity index (χ1n) is 13.0. The van der Waals surface area contributed by atoms with Crippen LogP contribution < -0.4 is 10.6 Å². The largest absolute Gasteiger partial charge is 0.444 e. The van der Waals surface area contributed by atoms with E-state index in [0.29, 0.717) is 18.7 Å². The van der Waals surface area contributed by atoms with Gasteiger partial charge < -0.3 is 20.3 Å². The van der Waals surface area contributed by atoms with Crippen molar-refractivity contribution in [3.63, 3.8) is 0 Å². The number of amides is 3. The molecule has 0 aliphatic heterocycles. The van der Waals surface area contributed by atoms with Crippen molar-refractivity contribution in [2.24, 2.45) is 0 Å². The number of nitrogens with one attached hydrogen (secondary N) is 2. The van der Waals surface area contributed by atoms with E-state index in [2.05, 4.69) is 10.6 Å². The molecule has 0 spiro atoms. The molecule has 0 fully saturated rings. The minimum absolute atomic E-state index is 0.273. The van der Waals surface area contributed by atoms with Gasteiger partial charge in [0.25, 0.3) is 0 Å². The number of aryl methyl sites for hydroxylation is 2. The first-order chi connectivity index (χ1) is 17.8. The first-order valence-corrected chi connectivity index (χ1v) is 14.4. The number of carbonyl (C=O) groups excluding carboxylic acids is 3. The number of hydrogen-bond acceptors (Lipinski definition) is 5. The molecule has 0 saturated carbocycles. The van der Waals surface area contributed by atoms with Crippen LogP contribution in [0.2, 0.25) is 0 Å². The fourth-order valence-electron chi connectivity index (χ4n) is 4.16. The number of thioether (sulfide) groups is 1. The lowest BCUT2D eigenvalue weighted by Gasteiger charge is -2.38. The number of rotatable bonds is 11. The minimum atomic E-state index is -0.872. The third kappa shape index (κ3) is 9.39. The number of benzene rings is 2. The molecular weight excluding hydrogens is 498 g/mol. The third-order valence-corrected chi connectivity index (χ3v) is 6.62. The molecule has 0 saturated heterocycles. The number of carbonyl (C=O) groups is 3. The zero-order valence-corrected chi connectivity index (χ0v) is 24.8. The molecule has 0 aromatic heterocycles. The average molecular weight is 542 g/mol. The van der Waals surface area contributed by atoms with Crippen LogP contribution in [0.5, 0.6) is 0 Å². The highest BCUT2D eigenvalue weighted by Gasteiger charge is 2.38. The maximum Gasteiger partial charge on any atom is 0.408 e. The summed E-state index contributed by atoms with van der Waals surface area (Å²) in [5.41, 5.74) is 2.93. The molecule has 0 aliphatic carbocycles. The average Bonchev–Trinajstić information content (AvgIpc) is 2.84. The molecule has 2 aromatic rings. The molecule has 2 unspecified atom stereocenters. The lowest BCUT2D eigenvalue weighted by molar-refractivity contribution is -0.144. The van der Waals surface area contributed by atoms with E-state index in [4.69, 9.17) is 4.74 Å². The predicted octanol–water partition coefficient (Wildman–Crippen LogP) is 5.54. The van der Waals surface area contributed by atoms with Gasteiger partial charge in [-0.1, -0.05) is 54.1 Å². The zero-order valence-electron chi connectivity index (χ0n) is 24.0. The van der Waals surface area contributed by atoms with E-state index in [1.807, 2.05) is 82.5 Å². The molecule has 2 N–H and O–H groups in total. The molecule has 0 aliphatic rings. The Morgan fingerprint density at radius 1 is 1.03 bits per heavy atom. The topological polar surface area (TPSA) is 87.7 Å². The summed E-state index contributed by atoms with van der Waals surface area (Å²) in [6.45, 7) is 13.4. The van der Waals surface area contributed by atoms with Gasteiger partial charge in [-0.2, -0.15) is 11.8 Å². The standard InChI is InChI=1S/C30H43N3O4S/c1-20(2)33(28(35)25(16-17-38-8)32-29(36)37-30(5,6)7)26(24-18-21(3)14-15-22(24)4)27(34)31-19-23-12-10-9-11-13-23/h9-15,18,20,25-26H,16-17,19H2,1-8H3,(H,31,34)(H,32,36). The Hall–Kier alpha value is -3.00. The van der Waals surface area contributed by atoms with E-state index >= 15 is 0 Å². The van der Waals surface area contributed by atoms with Crippen LogP contribution in [-0.2, 0) is 20.9 Å². The van der Waals surface area contributed by atoms with Gasteiger partial charge in [0.05, 0.1) is 0 Å². The lowest BCUT2D eigenvalue weighted by Crippen LogP contribution is -2.55. The van der Waals surface area contributed by atoms with E-state index in [9.17, 15) is 14.4 Å². The van der Waals surface area contributed by atoms with Crippen molar-refractivity contribution >= 4 is 29.7 Å². The highest BCUT2D eigenvalue weighted by atomic mass is 32.2. The molecule has 3 amide bonds. The number of nitrogens with zero attached hydrogens (tertiary/aromatic N) is 1. The molecule has 208 valence electrons. The maximum atomic E-state index is 14.1. The summed E-state index contributed by atoms with van der Waals surface area (Å²) in [6, 6.07) is 13.6. The van der Waals surface area contributed by atoms with E-state index in [1.54, 1.807) is 37.4 Å². The fraction of sp³-hybridized carbons (Fsp3) is 0.500. The first kappa shape index (κ1) is 31.2. The van der Waals surface area contributed by atoms with Crippen LogP contribution >= 0.6 is 11.8 Å². The second-order valence-corrected chi connectivity index (χ2v) is 11.8. The van der Waals surface area contributed by atoms with Crippen LogP contribution in [0.3, 0.4) is 0 Å². The Bertz CT molecular complexity index is 1080. The Morgan fingerprint density at radius 3 is 2.26 bits per heavy atom. The van der Waals surface area contributed by atoms with Crippen LogP contribution in [0.1, 0.15) is 69.3 Å². The van der Waals surface area contributed by atoms with Crippen molar-refractivity contribution in [2.75, 3.05) is 12.0 Å². The van der Waals surface area contributed by atoms with Gasteiger partial charge in [-0.15, -0.1) is 0 Å². The highest BCUT2D eigenvalue weighted by Crippen LogP contribution is 2.29. The van der Waals surface area contributed by atoms with Crippen molar-refractivity contribution in [1.82, 2.24) is 15.5 Å². The summed E-state index contributed by atoms with van der Waals surface area (Å²) < 4.78 is 5.45. The summed E-state index contributed by atoms with van der Waals surface area (Å²) in [5, 5.41) is 5.81. The number of hydrogen-bond donors (Lipinski definition) is 2. The molecule has 2 atom stereocenters. The van der Waals surface area contributed by atoms with E-state index < -0.39 is 23.8 Å². The maximum absolute atomic E-state index is 14.1. The second kappa shape index (κ2) is 14.2. The fourth-order valence-corrected chi connectivity index (χ4v) is 4.63. The summed E-state index contributed by atoms with van der Waals surface area (Å²) >= 11 is 1.59. The minimum Gasteiger partial charge on any atom is -0.444 e. The smallest absolute Gasteiger partial charge is 0.408 e. The normalized spacial score (nSPS) is 13.0. The lowest BCUT2D eigenvalue weighted by atomic mass is 9.95. The van der Waals surface area contributed by atoms with Gasteiger partial charge in [0.2, 0.25) is 11.8 Å². The van der Waals surface area contributed by atoms with E-state index in [-0.39, 0.29) is 17.9 Å². The number of alkyl carbamates (subject to hydrolysis) is 1. The molecule has 0 radical (unpaired) electrons. The van der Waals surface area contributed by atoms with Crippen molar-refractivity contribution in [1.29, 1.82) is 0 Å². The third-order valence-electron chi connectivity index (χ3n) is 5.98. The van der Waals surface area contributed by atoms with Crippen LogP contribution in [0.4, 0.5) is 4.79 Å². The van der Waals surface area contributed by atoms with Crippen molar-refractivity contribution in [2.45, 2.75) is 85.2 Å². The van der Waals surface area contributed by atoms with Gasteiger partial charge in [0.15, 0.2) is 0 Å². The molecule has 8 heteroatoms. The van der Waals surface area contributed by atoms with Crippen molar-refractivity contribution in [3.8, 4) is 0 Å². The molecule has 38 heavy (non-hydrogen) atoms. The van der Waals surface area contributed by atoms with Gasteiger partial charge in [0, 0.05) is 12.6 Å². The second-order valence-electron chi connectivity index (χ2n) is 10.8. The summed E-state index contributed by atoms with van der Waals surface area (Å²) in [6.07, 6.45) is 1.70. The summed E-state index contributed by atoms with van der Waals surface area (Å²) in [5.74, 6) is 0.0677. The molecule has 2 rings (SSSR count). The van der Waals surface area contributed by atoms with Gasteiger partial charge >= 0.3 is 6.09 Å². The van der Waals surface area contributed by atoms with E-state index in [1.165, 1.54) is 0 Å². The Balaban J connectivity index is 2.48. The quantitative estimate of drug-likeness (QED) is 0.390. The van der Waals surface area contributed by atoms with E-state index in [0.717, 1.165) is 22.3 Å².